The number of rotatable bonds is 5. The minimum absolute atomic E-state index is 0. The fourth-order valence-corrected chi connectivity index (χ4v) is 3.32. The predicted octanol–water partition coefficient (Wildman–Crippen LogP) is 3.26. The van der Waals surface area contributed by atoms with Gasteiger partial charge in [-0.25, -0.2) is 0 Å². The van der Waals surface area contributed by atoms with Gasteiger partial charge in [0.05, 0.1) is 12.7 Å². The number of amides is 1. The Morgan fingerprint density at radius 3 is 2.48 bits per heavy atom. The van der Waals surface area contributed by atoms with E-state index in [0.29, 0.717) is 31.4 Å². The Labute approximate surface area is 186 Å². The summed E-state index contributed by atoms with van der Waals surface area (Å²) in [6.07, 6.45) is -2.29. The van der Waals surface area contributed by atoms with Gasteiger partial charge in [-0.3, -0.25) is 9.79 Å². The Kier molecular flexibility index (Phi) is 10.0. The summed E-state index contributed by atoms with van der Waals surface area (Å²) in [6, 6.07) is 3.93. The van der Waals surface area contributed by atoms with Crippen LogP contribution in [-0.2, 0) is 17.5 Å². The maximum absolute atomic E-state index is 13.3. The van der Waals surface area contributed by atoms with Crippen LogP contribution in [0.4, 0.5) is 13.2 Å². The van der Waals surface area contributed by atoms with E-state index in [2.05, 4.69) is 15.6 Å². The van der Waals surface area contributed by atoms with Gasteiger partial charge in [-0.2, -0.15) is 13.2 Å². The molecule has 29 heavy (non-hydrogen) atoms. The third kappa shape index (κ3) is 7.23. The molecule has 1 saturated heterocycles. The average molecular weight is 528 g/mol. The molecule has 10 heteroatoms. The second-order valence-electron chi connectivity index (χ2n) is 6.73. The molecule has 1 aromatic carbocycles. The van der Waals surface area contributed by atoms with Crippen molar-refractivity contribution < 1.29 is 22.7 Å². The zero-order valence-electron chi connectivity index (χ0n) is 16.8. The first-order chi connectivity index (χ1) is 13.3. The number of likely N-dealkylation sites (tertiary alicyclic amines) is 1. The number of guanidine groups is 1. The number of ether oxygens (including phenoxy) is 1. The van der Waals surface area contributed by atoms with Crippen LogP contribution in [0.1, 0.15) is 30.4 Å². The quantitative estimate of drug-likeness (QED) is 0.350. The van der Waals surface area contributed by atoms with Crippen LogP contribution in [0.25, 0.3) is 0 Å². The van der Waals surface area contributed by atoms with Crippen LogP contribution in [0.2, 0.25) is 0 Å². The average Bonchev–Trinajstić information content (AvgIpc) is 2.68. The van der Waals surface area contributed by atoms with E-state index in [1.54, 1.807) is 14.1 Å². The highest BCUT2D eigenvalue weighted by Gasteiger charge is 2.34. The monoisotopic (exact) mass is 528 g/mol. The van der Waals surface area contributed by atoms with E-state index in [9.17, 15) is 18.0 Å². The van der Waals surface area contributed by atoms with Crippen molar-refractivity contribution in [2.24, 2.45) is 10.9 Å². The molecule has 0 saturated carbocycles. The van der Waals surface area contributed by atoms with E-state index >= 15 is 0 Å². The molecule has 2 rings (SSSR count). The standard InChI is InChI=1S/C19H27F3N4O2.HI/c1-23-17(27)10-13-6-8-26(9-7-13)18(24-2)25-12-14-4-5-15(28-3)11-16(14)19(20,21)22;/h4-5,11,13H,6-10,12H2,1-3H3,(H,23,27)(H,24,25);1H. The summed E-state index contributed by atoms with van der Waals surface area (Å²) in [6.45, 7) is 1.41. The van der Waals surface area contributed by atoms with Gasteiger partial charge in [0.1, 0.15) is 5.75 Å². The molecule has 0 aromatic heterocycles. The molecule has 1 aromatic rings. The molecule has 0 bridgehead atoms. The second-order valence-corrected chi connectivity index (χ2v) is 6.73. The molecule has 0 spiro atoms. The number of nitrogens with zero attached hydrogens (tertiary/aromatic N) is 2. The minimum Gasteiger partial charge on any atom is -0.497 e. The zero-order valence-corrected chi connectivity index (χ0v) is 19.1. The number of nitrogens with one attached hydrogen (secondary N) is 2. The van der Waals surface area contributed by atoms with E-state index in [4.69, 9.17) is 4.74 Å². The summed E-state index contributed by atoms with van der Waals surface area (Å²) >= 11 is 0. The molecule has 2 N–H and O–H groups in total. The number of carbonyl (C=O) groups excluding carboxylic acids is 1. The predicted molar refractivity (Wildman–Crippen MR) is 117 cm³/mol. The van der Waals surface area contributed by atoms with Crippen LogP contribution in [0.15, 0.2) is 23.2 Å². The number of alkyl halides is 3. The van der Waals surface area contributed by atoms with Gasteiger partial charge >= 0.3 is 6.18 Å². The maximum Gasteiger partial charge on any atom is 0.416 e. The molecule has 1 aliphatic rings. The first kappa shape index (κ1) is 25.3. The highest BCUT2D eigenvalue weighted by atomic mass is 127. The summed E-state index contributed by atoms with van der Waals surface area (Å²) in [5.41, 5.74) is -0.594. The van der Waals surface area contributed by atoms with Crippen molar-refractivity contribution in [3.05, 3.63) is 29.3 Å². The van der Waals surface area contributed by atoms with Gasteiger partial charge in [0.15, 0.2) is 5.96 Å². The van der Waals surface area contributed by atoms with E-state index in [1.165, 1.54) is 19.2 Å². The Bertz CT molecular complexity index is 705. The van der Waals surface area contributed by atoms with Crippen molar-refractivity contribution >= 4 is 35.8 Å². The van der Waals surface area contributed by atoms with Crippen LogP contribution in [0, 0.1) is 5.92 Å². The van der Waals surface area contributed by atoms with Crippen LogP contribution in [0.5, 0.6) is 5.75 Å². The summed E-state index contributed by atoms with van der Waals surface area (Å²) in [5, 5.41) is 5.66. The Morgan fingerprint density at radius 2 is 1.97 bits per heavy atom. The van der Waals surface area contributed by atoms with Gasteiger partial charge in [-0.15, -0.1) is 24.0 Å². The molecule has 0 atom stereocenters. The van der Waals surface area contributed by atoms with Gasteiger partial charge in [-0.1, -0.05) is 6.07 Å². The van der Waals surface area contributed by atoms with Crippen LogP contribution in [0.3, 0.4) is 0 Å². The number of piperidine rings is 1. The van der Waals surface area contributed by atoms with E-state index < -0.39 is 11.7 Å². The zero-order chi connectivity index (χ0) is 20.7. The molecule has 1 fully saturated rings. The summed E-state index contributed by atoms with van der Waals surface area (Å²) in [7, 11) is 4.57. The van der Waals surface area contributed by atoms with Crippen molar-refractivity contribution in [1.82, 2.24) is 15.5 Å². The third-order valence-corrected chi connectivity index (χ3v) is 4.94. The van der Waals surface area contributed by atoms with Crippen molar-refractivity contribution in [3.8, 4) is 5.75 Å². The van der Waals surface area contributed by atoms with E-state index in [-0.39, 0.29) is 47.7 Å². The molecule has 1 heterocycles. The summed E-state index contributed by atoms with van der Waals surface area (Å²) in [4.78, 5) is 17.7. The normalized spacial score (nSPS) is 15.5. The molecule has 0 radical (unpaired) electrons. The van der Waals surface area contributed by atoms with Crippen LogP contribution >= 0.6 is 24.0 Å². The lowest BCUT2D eigenvalue weighted by molar-refractivity contribution is -0.138. The summed E-state index contributed by atoms with van der Waals surface area (Å²) < 4.78 is 44.9. The Morgan fingerprint density at radius 1 is 1.31 bits per heavy atom. The van der Waals surface area contributed by atoms with Crippen molar-refractivity contribution in [1.29, 1.82) is 0 Å². The number of halogens is 4. The van der Waals surface area contributed by atoms with Crippen molar-refractivity contribution in [2.75, 3.05) is 34.3 Å². The van der Waals surface area contributed by atoms with Crippen LogP contribution in [-0.4, -0.2) is 51.1 Å². The SMILES string of the molecule is CN=C(NCc1ccc(OC)cc1C(F)(F)F)N1CCC(CC(=O)NC)CC1.I. The molecule has 6 nitrogen and oxygen atoms in total. The van der Waals surface area contributed by atoms with E-state index in [0.717, 1.165) is 18.9 Å². The second kappa shape index (κ2) is 11.5. The smallest absolute Gasteiger partial charge is 0.416 e. The van der Waals surface area contributed by atoms with Gasteiger partial charge in [0.2, 0.25) is 5.91 Å². The molecular weight excluding hydrogens is 500 g/mol. The molecule has 0 aliphatic carbocycles. The van der Waals surface area contributed by atoms with Gasteiger partial charge < -0.3 is 20.3 Å². The lowest BCUT2D eigenvalue weighted by Gasteiger charge is -2.34. The number of aliphatic imine (C=N–C) groups is 1. The summed E-state index contributed by atoms with van der Waals surface area (Å²) in [5.74, 6) is 1.06. The highest BCUT2D eigenvalue weighted by molar-refractivity contribution is 14.0. The van der Waals surface area contributed by atoms with Gasteiger partial charge in [-0.05, 0) is 36.5 Å². The molecule has 0 unspecified atom stereocenters. The van der Waals surface area contributed by atoms with Crippen LogP contribution < -0.4 is 15.4 Å². The minimum atomic E-state index is -4.47. The fraction of sp³-hybridized carbons (Fsp3) is 0.579. The third-order valence-electron chi connectivity index (χ3n) is 4.94. The Balaban J connectivity index is 0.00000420. The number of carbonyl (C=O) groups is 1. The molecule has 1 amide bonds. The number of methoxy groups -OCH3 is 1. The lowest BCUT2D eigenvalue weighted by atomic mass is 9.93. The maximum atomic E-state index is 13.3. The van der Waals surface area contributed by atoms with Crippen molar-refractivity contribution in [3.63, 3.8) is 0 Å². The van der Waals surface area contributed by atoms with E-state index in [1.807, 2.05) is 4.90 Å². The molecule has 164 valence electrons. The Hall–Kier alpha value is -1.72. The largest absolute Gasteiger partial charge is 0.497 e. The van der Waals surface area contributed by atoms with Gasteiger partial charge in [0.25, 0.3) is 0 Å². The van der Waals surface area contributed by atoms with Crippen molar-refractivity contribution in [2.45, 2.75) is 32.0 Å². The van der Waals surface area contributed by atoms with Gasteiger partial charge in [0, 0.05) is 40.2 Å². The number of hydrogen-bond acceptors (Lipinski definition) is 3. The first-order valence-electron chi connectivity index (χ1n) is 9.18. The highest BCUT2D eigenvalue weighted by Crippen LogP contribution is 2.34. The number of benzene rings is 1. The molecule has 1 aliphatic heterocycles. The fourth-order valence-electron chi connectivity index (χ4n) is 3.32. The lowest BCUT2D eigenvalue weighted by Crippen LogP contribution is -2.45. The topological polar surface area (TPSA) is 66.0 Å². The molecular formula is C19H28F3IN4O2. The first-order valence-corrected chi connectivity index (χ1v) is 9.18. The number of hydrogen-bond donors (Lipinski definition) is 2.